The molecular formula is C36H43F3N4O8S. The van der Waals surface area contributed by atoms with E-state index in [-0.39, 0.29) is 29.9 Å². The van der Waals surface area contributed by atoms with E-state index in [9.17, 15) is 31.2 Å². The number of hydrogen-bond acceptors (Lipinski definition) is 9. The lowest BCUT2D eigenvalue weighted by atomic mass is 9.75. The van der Waals surface area contributed by atoms with E-state index in [4.69, 9.17) is 14.2 Å². The molecule has 1 aromatic heterocycles. The van der Waals surface area contributed by atoms with Crippen LogP contribution in [0.15, 0.2) is 60.5 Å². The van der Waals surface area contributed by atoms with Gasteiger partial charge in [0.05, 0.1) is 44.8 Å². The van der Waals surface area contributed by atoms with Crippen LogP contribution in [0.4, 0.5) is 18.0 Å². The minimum Gasteiger partial charge on any atom is -0.453 e. The number of nitrogens with zero attached hydrogens (tertiary/aromatic N) is 2. The average molecular weight is 749 g/mol. The summed E-state index contributed by atoms with van der Waals surface area (Å²) in [5.41, 5.74) is -2.22. The van der Waals surface area contributed by atoms with Crippen LogP contribution in [0.3, 0.4) is 0 Å². The van der Waals surface area contributed by atoms with Crippen LogP contribution in [0.25, 0.3) is 16.8 Å². The van der Waals surface area contributed by atoms with Crippen LogP contribution in [0, 0.1) is 17.8 Å². The molecule has 2 saturated heterocycles. The van der Waals surface area contributed by atoms with Gasteiger partial charge in [-0.15, -0.1) is 0 Å². The Morgan fingerprint density at radius 2 is 1.73 bits per heavy atom. The van der Waals surface area contributed by atoms with Crippen molar-refractivity contribution >= 4 is 27.7 Å². The van der Waals surface area contributed by atoms with Gasteiger partial charge >= 0.3 is 21.7 Å². The van der Waals surface area contributed by atoms with E-state index >= 15 is 0 Å². The number of alkyl carbamates (subject to hydrolysis) is 1. The SMILES string of the molecule is C=C1/C(OS(=O)(=O)C(F)(F)F)=C\C=C(\c2ccc(-c3cnc([C@@H]4CC5(CN4C(=O)[C@@H](NC(=O)OC)C(C)C)OCCO5)[nH]3)cc2)CC2CCC1CC2. The highest BCUT2D eigenvalue weighted by Gasteiger charge is 2.53. The van der Waals surface area contributed by atoms with E-state index in [0.29, 0.717) is 56.3 Å². The molecule has 16 heteroatoms. The number of imidazole rings is 1. The van der Waals surface area contributed by atoms with Crippen LogP contribution in [-0.2, 0) is 33.3 Å². The summed E-state index contributed by atoms with van der Waals surface area (Å²) in [5, 5.41) is 2.64. The number of alkyl halides is 3. The molecule has 12 nitrogen and oxygen atoms in total. The van der Waals surface area contributed by atoms with Gasteiger partial charge in [0, 0.05) is 6.42 Å². The number of ether oxygens (including phenoxy) is 3. The van der Waals surface area contributed by atoms with Crippen molar-refractivity contribution in [1.29, 1.82) is 0 Å². The molecule has 1 spiro atoms. The van der Waals surface area contributed by atoms with Crippen LogP contribution in [0.5, 0.6) is 0 Å². The van der Waals surface area contributed by atoms with Crippen molar-refractivity contribution in [1.82, 2.24) is 20.2 Å². The predicted octanol–water partition coefficient (Wildman–Crippen LogP) is 6.37. The number of amides is 2. The monoisotopic (exact) mass is 748 g/mol. The lowest BCUT2D eigenvalue weighted by molar-refractivity contribution is -0.153. The molecule has 2 aliphatic heterocycles. The molecule has 282 valence electrons. The normalized spacial score (nSPS) is 26.1. The first-order chi connectivity index (χ1) is 24.6. The van der Waals surface area contributed by atoms with Gasteiger partial charge in [0.15, 0.2) is 5.79 Å². The number of methoxy groups -OCH3 is 1. The fraction of sp³-hybridized carbons (Fsp3) is 0.528. The van der Waals surface area contributed by atoms with Gasteiger partial charge in [-0.1, -0.05) is 50.8 Å². The zero-order valence-corrected chi connectivity index (χ0v) is 30.0. The maximum absolute atomic E-state index is 13.9. The minimum absolute atomic E-state index is 0.154. The molecular weight excluding hydrogens is 705 g/mol. The van der Waals surface area contributed by atoms with Gasteiger partial charge in [0.25, 0.3) is 0 Å². The van der Waals surface area contributed by atoms with Crippen molar-refractivity contribution in [2.45, 2.75) is 75.8 Å². The second-order valence-electron chi connectivity index (χ2n) is 14.1. The zero-order chi connectivity index (χ0) is 37.4. The van der Waals surface area contributed by atoms with Crippen LogP contribution < -0.4 is 5.32 Å². The van der Waals surface area contributed by atoms with E-state index in [1.54, 1.807) is 17.2 Å². The Kier molecular flexibility index (Phi) is 10.6. The first kappa shape index (κ1) is 37.6. The van der Waals surface area contributed by atoms with Crippen LogP contribution in [0.2, 0.25) is 0 Å². The first-order valence-electron chi connectivity index (χ1n) is 17.3. The number of aromatic amines is 1. The molecule has 7 rings (SSSR count). The minimum atomic E-state index is -5.88. The second-order valence-corrected chi connectivity index (χ2v) is 15.6. The van der Waals surface area contributed by atoms with E-state index in [1.165, 1.54) is 13.2 Å². The number of carbonyl (C=O) groups is 2. The lowest BCUT2D eigenvalue weighted by Crippen LogP contribution is -2.52. The number of allylic oxidation sites excluding steroid dienone is 4. The third-order valence-corrected chi connectivity index (χ3v) is 11.3. The largest absolute Gasteiger partial charge is 0.534 e. The second kappa shape index (κ2) is 14.7. The zero-order valence-electron chi connectivity index (χ0n) is 29.2. The van der Waals surface area contributed by atoms with Gasteiger partial charge < -0.3 is 33.6 Å². The highest BCUT2D eigenvalue weighted by atomic mass is 32.2. The first-order valence-corrected chi connectivity index (χ1v) is 18.7. The lowest BCUT2D eigenvalue weighted by Gasteiger charge is -2.32. The highest BCUT2D eigenvalue weighted by molar-refractivity contribution is 7.87. The van der Waals surface area contributed by atoms with E-state index in [1.807, 2.05) is 38.1 Å². The van der Waals surface area contributed by atoms with E-state index in [0.717, 1.165) is 29.5 Å². The summed E-state index contributed by atoms with van der Waals surface area (Å²) in [6.45, 7) is 8.52. The maximum Gasteiger partial charge on any atom is 0.534 e. The smallest absolute Gasteiger partial charge is 0.453 e. The number of halogens is 3. The molecule has 0 radical (unpaired) electrons. The van der Waals surface area contributed by atoms with E-state index < -0.39 is 45.3 Å². The number of carbonyl (C=O) groups excluding carboxylic acids is 2. The third kappa shape index (κ3) is 7.78. The summed E-state index contributed by atoms with van der Waals surface area (Å²) in [5.74, 6) is -1.25. The number of H-pyrrole nitrogens is 1. The van der Waals surface area contributed by atoms with Gasteiger partial charge in [-0.25, -0.2) is 9.78 Å². The molecule has 2 N–H and O–H groups in total. The quantitative estimate of drug-likeness (QED) is 0.232. The van der Waals surface area contributed by atoms with E-state index in [2.05, 4.69) is 26.0 Å². The van der Waals surface area contributed by atoms with Crippen molar-refractivity contribution in [3.05, 3.63) is 71.9 Å². The highest BCUT2D eigenvalue weighted by Crippen LogP contribution is 2.44. The molecule has 1 saturated carbocycles. The number of nitrogens with one attached hydrogen (secondary N) is 2. The Labute approximate surface area is 300 Å². The molecule has 0 unspecified atom stereocenters. The predicted molar refractivity (Wildman–Crippen MR) is 183 cm³/mol. The number of hydrogen-bond donors (Lipinski definition) is 2. The van der Waals surface area contributed by atoms with Crippen LogP contribution in [-0.4, -0.2) is 79.5 Å². The topological polar surface area (TPSA) is 149 Å². The standard InChI is InChI=1S/C36H43F3N4O8S/c1-21(2)31(42-34(45)48-4)33(44)43-20-35(49-15-16-50-35)18-29(43)32-40-19-28(41-32)26-11-9-25(10-12-26)27-13-14-30(51-52(46,47)36(37,38)39)22(3)24-7-5-23(17-27)6-8-24/h9-14,19,21,23-24,29,31H,3,5-8,15-18,20H2,1-2,4H3,(H,40,41)(H,42,45)/b27-13+,30-14+/t23?,24?,29-,31-/m0/s1. The summed E-state index contributed by atoms with van der Waals surface area (Å²) in [4.78, 5) is 35.6. The molecule has 2 bridgehead atoms. The van der Waals surface area contributed by atoms with Crippen LogP contribution in [0.1, 0.15) is 69.8 Å². The molecule has 2 aromatic rings. The third-order valence-electron chi connectivity index (χ3n) is 10.3. The average Bonchev–Trinajstić information content (AvgIpc) is 3.88. The number of likely N-dealkylation sites (tertiary alicyclic amines) is 1. The van der Waals surface area contributed by atoms with Crippen molar-refractivity contribution in [2.75, 3.05) is 26.9 Å². The molecule has 52 heavy (non-hydrogen) atoms. The van der Waals surface area contributed by atoms with Gasteiger partial charge in [-0.3, -0.25) is 4.79 Å². The van der Waals surface area contributed by atoms with Crippen molar-refractivity contribution in [2.24, 2.45) is 17.8 Å². The summed E-state index contributed by atoms with van der Waals surface area (Å²) in [7, 11) is -4.64. The number of aromatic nitrogens is 2. The van der Waals surface area contributed by atoms with Crippen molar-refractivity contribution in [3.63, 3.8) is 0 Å². The fourth-order valence-electron chi connectivity index (χ4n) is 7.46. The summed E-state index contributed by atoms with van der Waals surface area (Å²) in [6, 6.07) is 6.15. The fourth-order valence-corrected chi connectivity index (χ4v) is 7.95. The Morgan fingerprint density at radius 1 is 1.08 bits per heavy atom. The Morgan fingerprint density at radius 3 is 2.35 bits per heavy atom. The summed E-state index contributed by atoms with van der Waals surface area (Å²) in [6.07, 6.45) is 7.83. The van der Waals surface area contributed by atoms with Gasteiger partial charge in [-0.2, -0.15) is 21.6 Å². The van der Waals surface area contributed by atoms with Crippen LogP contribution >= 0.6 is 0 Å². The molecule has 1 aromatic carbocycles. The Balaban J connectivity index is 1.26. The molecule has 2 amide bonds. The Hall–Kier alpha value is -4.15. The summed E-state index contributed by atoms with van der Waals surface area (Å²) < 4.78 is 84.9. The van der Waals surface area contributed by atoms with Crippen molar-refractivity contribution in [3.8, 4) is 11.3 Å². The Bertz CT molecular complexity index is 1840. The molecule has 3 aliphatic carbocycles. The maximum atomic E-state index is 13.9. The molecule has 3 fully saturated rings. The van der Waals surface area contributed by atoms with Gasteiger partial charge in [0.1, 0.15) is 17.6 Å². The number of rotatable bonds is 8. The molecule has 3 heterocycles. The van der Waals surface area contributed by atoms with Gasteiger partial charge in [0.2, 0.25) is 5.91 Å². The molecule has 5 aliphatic rings. The summed E-state index contributed by atoms with van der Waals surface area (Å²) >= 11 is 0. The molecule has 2 atom stereocenters. The number of fused-ring (bicyclic) bond motifs is 5. The van der Waals surface area contributed by atoms with Crippen molar-refractivity contribution < 1.29 is 49.6 Å². The van der Waals surface area contributed by atoms with Gasteiger partial charge in [-0.05, 0) is 78.2 Å². The number of benzene rings is 1.